The summed E-state index contributed by atoms with van der Waals surface area (Å²) in [5.41, 5.74) is 0. The number of amides is 1. The van der Waals surface area contributed by atoms with Gasteiger partial charge in [-0.15, -0.1) is 11.3 Å². The zero-order valence-electron chi connectivity index (χ0n) is 12.9. The number of benzene rings is 1. The number of rotatable bonds is 5. The summed E-state index contributed by atoms with van der Waals surface area (Å²) in [4.78, 5) is 14.2. The van der Waals surface area contributed by atoms with Crippen LogP contribution in [0.25, 0.3) is 10.1 Å². The van der Waals surface area contributed by atoms with E-state index < -0.39 is 0 Å². The van der Waals surface area contributed by atoms with Crippen molar-refractivity contribution in [2.45, 2.75) is 6.04 Å². The number of hydrogen-bond donors (Lipinski definition) is 2. The van der Waals surface area contributed by atoms with Gasteiger partial charge in [-0.05, 0) is 18.2 Å². The molecule has 0 aliphatic heterocycles. The van der Waals surface area contributed by atoms with Gasteiger partial charge in [-0.1, -0.05) is 29.8 Å². The molecule has 0 aliphatic rings. The van der Waals surface area contributed by atoms with Crippen LogP contribution in [0.2, 0.25) is 5.02 Å². The van der Waals surface area contributed by atoms with Crippen LogP contribution in [0.3, 0.4) is 0 Å². The van der Waals surface area contributed by atoms with E-state index in [4.69, 9.17) is 16.0 Å². The Morgan fingerprint density at radius 3 is 2.74 bits per heavy atom. The SMILES string of the molecule is C[NH+](C)[C@@H](CNC(=O)c1sc2ccccc2c1Cl)c1ccco1. The summed E-state index contributed by atoms with van der Waals surface area (Å²) in [5, 5.41) is 4.42. The molecule has 0 radical (unpaired) electrons. The van der Waals surface area contributed by atoms with Gasteiger partial charge in [0.2, 0.25) is 0 Å². The van der Waals surface area contributed by atoms with Crippen LogP contribution in [0.4, 0.5) is 0 Å². The molecule has 0 bridgehead atoms. The highest BCUT2D eigenvalue weighted by atomic mass is 35.5. The molecule has 6 heteroatoms. The van der Waals surface area contributed by atoms with Gasteiger partial charge >= 0.3 is 0 Å². The van der Waals surface area contributed by atoms with Crippen LogP contribution in [-0.2, 0) is 0 Å². The number of hydrogen-bond acceptors (Lipinski definition) is 3. The van der Waals surface area contributed by atoms with Gasteiger partial charge < -0.3 is 14.6 Å². The normalized spacial score (nSPS) is 12.7. The fraction of sp³-hybridized carbons (Fsp3) is 0.235. The predicted octanol–water partition coefficient (Wildman–Crippen LogP) is 2.76. The van der Waals surface area contributed by atoms with Crippen LogP contribution in [0.15, 0.2) is 47.1 Å². The number of fused-ring (bicyclic) bond motifs is 1. The lowest BCUT2D eigenvalue weighted by atomic mass is 10.2. The Morgan fingerprint density at radius 2 is 2.09 bits per heavy atom. The fourth-order valence-electron chi connectivity index (χ4n) is 2.51. The summed E-state index contributed by atoms with van der Waals surface area (Å²) >= 11 is 7.77. The molecule has 120 valence electrons. The van der Waals surface area contributed by atoms with Gasteiger partial charge in [0.05, 0.1) is 31.9 Å². The third-order valence-electron chi connectivity index (χ3n) is 3.79. The zero-order valence-corrected chi connectivity index (χ0v) is 14.5. The van der Waals surface area contributed by atoms with Gasteiger partial charge in [-0.2, -0.15) is 0 Å². The van der Waals surface area contributed by atoms with Crippen LogP contribution in [0.5, 0.6) is 0 Å². The van der Waals surface area contributed by atoms with Crippen molar-refractivity contribution < 1.29 is 14.1 Å². The number of thiophene rings is 1. The van der Waals surface area contributed by atoms with Crippen LogP contribution in [0.1, 0.15) is 21.5 Å². The van der Waals surface area contributed by atoms with E-state index in [1.165, 1.54) is 16.2 Å². The number of carbonyl (C=O) groups excluding carboxylic acids is 1. The number of furan rings is 1. The average molecular weight is 350 g/mol. The maximum atomic E-state index is 12.5. The van der Waals surface area contributed by atoms with Crippen molar-refractivity contribution in [3.05, 3.63) is 58.3 Å². The molecule has 1 atom stereocenters. The monoisotopic (exact) mass is 349 g/mol. The van der Waals surface area contributed by atoms with Gasteiger partial charge in [0.25, 0.3) is 5.91 Å². The Morgan fingerprint density at radius 1 is 1.30 bits per heavy atom. The first-order valence-electron chi connectivity index (χ1n) is 7.36. The molecule has 0 fully saturated rings. The Bertz CT molecular complexity index is 811. The summed E-state index contributed by atoms with van der Waals surface area (Å²) in [6.07, 6.45) is 1.65. The second kappa shape index (κ2) is 6.74. The fourth-order valence-corrected chi connectivity index (χ4v) is 3.95. The van der Waals surface area contributed by atoms with E-state index in [0.717, 1.165) is 15.8 Å². The minimum absolute atomic E-state index is 0.0575. The van der Waals surface area contributed by atoms with E-state index in [2.05, 4.69) is 5.32 Å². The third-order valence-corrected chi connectivity index (χ3v) is 5.47. The molecule has 2 N–H and O–H groups in total. The summed E-state index contributed by atoms with van der Waals surface area (Å²) in [6.45, 7) is 0.485. The van der Waals surface area contributed by atoms with E-state index in [9.17, 15) is 4.79 Å². The van der Waals surface area contributed by atoms with Crippen molar-refractivity contribution >= 4 is 38.9 Å². The molecule has 0 spiro atoms. The zero-order chi connectivity index (χ0) is 16.4. The lowest BCUT2D eigenvalue weighted by molar-refractivity contribution is -0.891. The topological polar surface area (TPSA) is 46.7 Å². The molecule has 23 heavy (non-hydrogen) atoms. The Balaban J connectivity index is 1.76. The Labute approximate surface area is 143 Å². The van der Waals surface area contributed by atoms with E-state index in [0.29, 0.717) is 16.4 Å². The first kappa shape index (κ1) is 16.1. The van der Waals surface area contributed by atoms with E-state index in [1.54, 1.807) is 6.26 Å². The van der Waals surface area contributed by atoms with Crippen LogP contribution in [-0.4, -0.2) is 26.5 Å². The van der Waals surface area contributed by atoms with E-state index in [1.807, 2.05) is 50.5 Å². The van der Waals surface area contributed by atoms with Gasteiger partial charge in [-0.25, -0.2) is 0 Å². The summed E-state index contributed by atoms with van der Waals surface area (Å²) in [7, 11) is 4.07. The number of likely N-dealkylation sites (N-methyl/N-ethyl adjacent to an activating group) is 1. The van der Waals surface area contributed by atoms with Crippen LogP contribution in [0, 0.1) is 0 Å². The number of halogens is 1. The highest BCUT2D eigenvalue weighted by Gasteiger charge is 2.23. The molecular formula is C17H18ClN2O2S+. The van der Waals surface area contributed by atoms with E-state index in [-0.39, 0.29) is 11.9 Å². The lowest BCUT2D eigenvalue weighted by Crippen LogP contribution is -3.07. The predicted molar refractivity (Wildman–Crippen MR) is 93.4 cm³/mol. The number of quaternary nitrogens is 1. The maximum Gasteiger partial charge on any atom is 0.263 e. The molecule has 0 aliphatic carbocycles. The molecule has 4 nitrogen and oxygen atoms in total. The van der Waals surface area contributed by atoms with Crippen molar-refractivity contribution in [3.63, 3.8) is 0 Å². The molecule has 3 rings (SSSR count). The second-order valence-electron chi connectivity index (χ2n) is 5.60. The van der Waals surface area contributed by atoms with Crippen LogP contribution < -0.4 is 10.2 Å². The quantitative estimate of drug-likeness (QED) is 0.744. The minimum Gasteiger partial charge on any atom is -0.463 e. The molecule has 1 amide bonds. The highest BCUT2D eigenvalue weighted by Crippen LogP contribution is 2.34. The minimum atomic E-state index is -0.144. The molecule has 3 aromatic rings. The molecular weight excluding hydrogens is 332 g/mol. The standard InChI is InChI=1S/C17H17ClN2O2S/c1-20(2)12(13-7-5-9-22-13)10-19-17(21)16-15(18)11-6-3-4-8-14(11)23-16/h3-9,12H,10H2,1-2H3,(H,19,21)/p+1/t12-/m0/s1. The Hall–Kier alpha value is -1.82. The van der Waals surface area contributed by atoms with Gasteiger partial charge in [0.1, 0.15) is 4.88 Å². The van der Waals surface area contributed by atoms with Gasteiger partial charge in [0, 0.05) is 10.1 Å². The largest absolute Gasteiger partial charge is 0.463 e. The molecule has 0 saturated heterocycles. The van der Waals surface area contributed by atoms with Crippen molar-refractivity contribution in [2.75, 3.05) is 20.6 Å². The van der Waals surface area contributed by atoms with Crippen molar-refractivity contribution in [2.24, 2.45) is 0 Å². The average Bonchev–Trinajstić information content (AvgIpc) is 3.16. The highest BCUT2D eigenvalue weighted by molar-refractivity contribution is 7.21. The molecule has 0 unspecified atom stereocenters. The number of nitrogens with one attached hydrogen (secondary N) is 2. The van der Waals surface area contributed by atoms with Gasteiger partial charge in [0.15, 0.2) is 11.8 Å². The van der Waals surface area contributed by atoms with Crippen molar-refractivity contribution in [1.82, 2.24) is 5.32 Å². The van der Waals surface area contributed by atoms with Crippen LogP contribution >= 0.6 is 22.9 Å². The molecule has 2 heterocycles. The third kappa shape index (κ3) is 3.27. The molecule has 2 aromatic heterocycles. The summed E-state index contributed by atoms with van der Waals surface area (Å²) < 4.78 is 6.49. The molecule has 0 saturated carbocycles. The second-order valence-corrected chi connectivity index (χ2v) is 7.03. The first-order chi connectivity index (χ1) is 11.1. The van der Waals surface area contributed by atoms with Crippen molar-refractivity contribution in [3.8, 4) is 0 Å². The summed E-state index contributed by atoms with van der Waals surface area (Å²) in [5.74, 6) is 0.710. The smallest absolute Gasteiger partial charge is 0.263 e. The van der Waals surface area contributed by atoms with Gasteiger partial charge in [-0.3, -0.25) is 4.79 Å². The van der Waals surface area contributed by atoms with E-state index >= 15 is 0 Å². The lowest BCUT2D eigenvalue weighted by Gasteiger charge is -2.19. The number of carbonyl (C=O) groups is 1. The Kier molecular flexibility index (Phi) is 4.71. The van der Waals surface area contributed by atoms with Crippen molar-refractivity contribution in [1.29, 1.82) is 0 Å². The summed E-state index contributed by atoms with van der Waals surface area (Å²) in [6, 6.07) is 11.6. The maximum absolute atomic E-state index is 12.5. The first-order valence-corrected chi connectivity index (χ1v) is 8.56. The molecule has 1 aromatic carbocycles.